The predicted molar refractivity (Wildman–Crippen MR) is 75.4 cm³/mol. The van der Waals surface area contributed by atoms with Crippen molar-refractivity contribution in [2.75, 3.05) is 13.6 Å². The number of H-pyrrole nitrogens is 1. The van der Waals surface area contributed by atoms with Gasteiger partial charge in [-0.05, 0) is 38.8 Å². The van der Waals surface area contributed by atoms with Crippen molar-refractivity contribution in [2.45, 2.75) is 40.2 Å². The van der Waals surface area contributed by atoms with Gasteiger partial charge in [-0.25, -0.2) is 0 Å². The minimum Gasteiger partial charge on any atom is -0.351 e. The molecule has 0 saturated heterocycles. The van der Waals surface area contributed by atoms with Gasteiger partial charge in [0.1, 0.15) is 11.4 Å². The quantitative estimate of drug-likeness (QED) is 0.852. The maximum absolute atomic E-state index is 12.3. The summed E-state index contributed by atoms with van der Waals surface area (Å²) in [6, 6.07) is 1.88. The first-order valence-electron chi connectivity index (χ1n) is 6.69. The molecular formula is C14H23N3O2. The Kier molecular flexibility index (Phi) is 5.15. The molecule has 0 bridgehead atoms. The number of carbonyl (C=O) groups is 2. The lowest BCUT2D eigenvalue weighted by Crippen LogP contribution is -2.33. The summed E-state index contributed by atoms with van der Waals surface area (Å²) in [4.78, 5) is 28.7. The van der Waals surface area contributed by atoms with Gasteiger partial charge in [0.2, 0.25) is 0 Å². The van der Waals surface area contributed by atoms with Crippen LogP contribution in [0.2, 0.25) is 0 Å². The van der Waals surface area contributed by atoms with Crippen LogP contribution in [0, 0.1) is 0 Å². The Hall–Kier alpha value is -1.78. The lowest BCUT2D eigenvalue weighted by molar-refractivity contribution is 0.0748. The number of carbonyl (C=O) groups excluding carboxylic acids is 2. The number of nitrogens with one attached hydrogen (secondary N) is 2. The van der Waals surface area contributed by atoms with Crippen LogP contribution in [0.25, 0.3) is 0 Å². The van der Waals surface area contributed by atoms with Crippen molar-refractivity contribution in [3.05, 3.63) is 23.0 Å². The minimum atomic E-state index is -0.177. The van der Waals surface area contributed by atoms with Crippen molar-refractivity contribution in [3.63, 3.8) is 0 Å². The van der Waals surface area contributed by atoms with E-state index >= 15 is 0 Å². The van der Waals surface area contributed by atoms with E-state index in [1.54, 1.807) is 18.0 Å². The number of aryl methyl sites for hydroxylation is 1. The van der Waals surface area contributed by atoms with Gasteiger partial charge in [-0.2, -0.15) is 0 Å². The van der Waals surface area contributed by atoms with E-state index in [0.717, 1.165) is 5.56 Å². The fraction of sp³-hybridized carbons (Fsp3) is 0.571. The summed E-state index contributed by atoms with van der Waals surface area (Å²) in [6.45, 7) is 8.31. The van der Waals surface area contributed by atoms with Crippen molar-refractivity contribution in [3.8, 4) is 0 Å². The van der Waals surface area contributed by atoms with Crippen LogP contribution >= 0.6 is 0 Å². The van der Waals surface area contributed by atoms with Crippen molar-refractivity contribution in [1.29, 1.82) is 0 Å². The zero-order valence-corrected chi connectivity index (χ0v) is 12.3. The summed E-state index contributed by atoms with van der Waals surface area (Å²) in [6.07, 6.45) is 0.711. The maximum Gasteiger partial charge on any atom is 0.270 e. The molecule has 1 heterocycles. The third-order valence-corrected chi connectivity index (χ3v) is 3.17. The van der Waals surface area contributed by atoms with Crippen LogP contribution in [0.4, 0.5) is 0 Å². The van der Waals surface area contributed by atoms with Crippen molar-refractivity contribution < 1.29 is 9.59 Å². The van der Waals surface area contributed by atoms with Gasteiger partial charge in [0.25, 0.3) is 11.8 Å². The van der Waals surface area contributed by atoms with Gasteiger partial charge in [0.15, 0.2) is 0 Å². The van der Waals surface area contributed by atoms with Gasteiger partial charge >= 0.3 is 0 Å². The topological polar surface area (TPSA) is 65.2 Å². The molecule has 106 valence electrons. The van der Waals surface area contributed by atoms with Gasteiger partial charge in [-0.3, -0.25) is 9.59 Å². The Balaban J connectivity index is 3.07. The molecule has 2 N–H and O–H groups in total. The summed E-state index contributed by atoms with van der Waals surface area (Å²) in [5.41, 5.74) is 1.83. The third kappa shape index (κ3) is 3.36. The van der Waals surface area contributed by atoms with E-state index in [-0.39, 0.29) is 17.9 Å². The Morgan fingerprint density at radius 3 is 2.47 bits per heavy atom. The van der Waals surface area contributed by atoms with Crippen LogP contribution in [0.3, 0.4) is 0 Å². The van der Waals surface area contributed by atoms with Crippen molar-refractivity contribution >= 4 is 11.8 Å². The first-order chi connectivity index (χ1) is 8.92. The molecule has 0 atom stereocenters. The highest BCUT2D eigenvalue weighted by molar-refractivity contribution is 5.98. The molecule has 0 fully saturated rings. The van der Waals surface area contributed by atoms with Gasteiger partial charge < -0.3 is 15.2 Å². The Morgan fingerprint density at radius 1 is 1.37 bits per heavy atom. The van der Waals surface area contributed by atoms with E-state index in [1.807, 2.05) is 27.7 Å². The molecule has 0 aliphatic carbocycles. The van der Waals surface area contributed by atoms with Crippen molar-refractivity contribution in [1.82, 2.24) is 15.2 Å². The average molecular weight is 265 g/mol. The third-order valence-electron chi connectivity index (χ3n) is 3.17. The number of nitrogens with zero attached hydrogens (tertiary/aromatic N) is 1. The number of aromatic nitrogens is 1. The second-order valence-corrected chi connectivity index (χ2v) is 4.81. The summed E-state index contributed by atoms with van der Waals surface area (Å²) in [5, 5.41) is 2.72. The minimum absolute atomic E-state index is 0.0811. The predicted octanol–water partition coefficient (Wildman–Crippen LogP) is 1.81. The van der Waals surface area contributed by atoms with Crippen LogP contribution in [0.1, 0.15) is 54.2 Å². The normalized spacial score (nSPS) is 10.6. The number of aromatic amines is 1. The SMILES string of the molecule is CCNC(=O)c1cc(CC)c(C(=O)N(C)C(C)C)[nH]1. The molecule has 1 rings (SSSR count). The van der Waals surface area contributed by atoms with E-state index < -0.39 is 0 Å². The van der Waals surface area contributed by atoms with Crippen LogP contribution in [0.5, 0.6) is 0 Å². The lowest BCUT2D eigenvalue weighted by Gasteiger charge is -2.21. The zero-order chi connectivity index (χ0) is 14.6. The van der Waals surface area contributed by atoms with Crippen LogP contribution in [-0.4, -0.2) is 41.3 Å². The summed E-state index contributed by atoms with van der Waals surface area (Å²) >= 11 is 0. The van der Waals surface area contributed by atoms with E-state index in [2.05, 4.69) is 10.3 Å². The molecule has 1 aromatic rings. The molecule has 5 heteroatoms. The Bertz CT molecular complexity index is 463. The number of hydrogen-bond acceptors (Lipinski definition) is 2. The van der Waals surface area contributed by atoms with Gasteiger partial charge in [-0.1, -0.05) is 6.92 Å². The molecular weight excluding hydrogens is 242 g/mol. The molecule has 0 saturated carbocycles. The van der Waals surface area contributed by atoms with Crippen molar-refractivity contribution in [2.24, 2.45) is 0 Å². The fourth-order valence-electron chi connectivity index (χ4n) is 1.76. The second-order valence-electron chi connectivity index (χ2n) is 4.81. The molecule has 0 spiro atoms. The summed E-state index contributed by atoms with van der Waals surface area (Å²) < 4.78 is 0. The first kappa shape index (κ1) is 15.3. The highest BCUT2D eigenvalue weighted by atomic mass is 16.2. The number of rotatable bonds is 5. The first-order valence-corrected chi connectivity index (χ1v) is 6.69. The maximum atomic E-state index is 12.3. The monoisotopic (exact) mass is 265 g/mol. The van der Waals surface area contributed by atoms with E-state index in [4.69, 9.17) is 0 Å². The average Bonchev–Trinajstić information content (AvgIpc) is 2.81. The molecule has 0 aliphatic heterocycles. The van der Waals surface area contributed by atoms with Gasteiger partial charge in [0.05, 0.1) is 0 Å². The molecule has 5 nitrogen and oxygen atoms in total. The van der Waals surface area contributed by atoms with E-state index in [0.29, 0.717) is 24.4 Å². The van der Waals surface area contributed by atoms with E-state index in [9.17, 15) is 9.59 Å². The zero-order valence-electron chi connectivity index (χ0n) is 12.3. The number of hydrogen-bond donors (Lipinski definition) is 2. The molecule has 19 heavy (non-hydrogen) atoms. The molecule has 0 unspecified atom stereocenters. The highest BCUT2D eigenvalue weighted by Crippen LogP contribution is 2.15. The molecule has 2 amide bonds. The largest absolute Gasteiger partial charge is 0.351 e. The van der Waals surface area contributed by atoms with E-state index in [1.165, 1.54) is 0 Å². The Labute approximate surface area is 114 Å². The smallest absolute Gasteiger partial charge is 0.270 e. The van der Waals surface area contributed by atoms with Gasteiger partial charge in [-0.15, -0.1) is 0 Å². The van der Waals surface area contributed by atoms with Crippen LogP contribution in [0.15, 0.2) is 6.07 Å². The molecule has 0 aliphatic rings. The summed E-state index contributed by atoms with van der Waals surface area (Å²) in [5.74, 6) is -0.258. The molecule has 0 aromatic carbocycles. The molecule has 1 aromatic heterocycles. The van der Waals surface area contributed by atoms with Crippen LogP contribution in [-0.2, 0) is 6.42 Å². The Morgan fingerprint density at radius 2 is 2.00 bits per heavy atom. The lowest BCUT2D eigenvalue weighted by atomic mass is 10.1. The fourth-order valence-corrected chi connectivity index (χ4v) is 1.76. The highest BCUT2D eigenvalue weighted by Gasteiger charge is 2.21. The van der Waals surface area contributed by atoms with Gasteiger partial charge in [0, 0.05) is 19.6 Å². The summed E-state index contributed by atoms with van der Waals surface area (Å²) in [7, 11) is 1.76. The van der Waals surface area contributed by atoms with Crippen LogP contribution < -0.4 is 5.32 Å². The second kappa shape index (κ2) is 6.41. The number of amides is 2. The molecule has 0 radical (unpaired) electrons. The standard InChI is InChI=1S/C14H23N3O2/c1-6-10-8-11(13(18)15-7-2)16-12(10)14(19)17(5)9(3)4/h8-9,16H,6-7H2,1-5H3,(H,15,18).